The predicted molar refractivity (Wildman–Crippen MR) is 491 cm³/mol. The number of ether oxygens (including phenoxy) is 4. The third-order valence-electron chi connectivity index (χ3n) is 23.7. The van der Waals surface area contributed by atoms with Gasteiger partial charge in [0.25, 0.3) is 0 Å². The molecule has 5 rings (SSSR count). The Morgan fingerprint density at radius 3 is 1.56 bits per heavy atom. The number of nitrogens with zero attached hydrogens (tertiary/aromatic N) is 1. The van der Waals surface area contributed by atoms with E-state index >= 15 is 14.4 Å². The molecule has 0 bridgehead atoms. The van der Waals surface area contributed by atoms with Crippen molar-refractivity contribution in [2.75, 3.05) is 65.8 Å². The molecule has 0 saturated carbocycles. The van der Waals surface area contributed by atoms with Gasteiger partial charge in [-0.1, -0.05) is 46.2 Å². The summed E-state index contributed by atoms with van der Waals surface area (Å²) < 4.78 is 23.4. The number of aromatic hydroxyl groups is 1. The quantitative estimate of drug-likeness (QED) is 0.0269. The number of aliphatic carboxylic acids is 3. The van der Waals surface area contributed by atoms with Crippen LogP contribution in [0.3, 0.4) is 0 Å². The van der Waals surface area contributed by atoms with Crippen molar-refractivity contribution in [2.24, 2.45) is 29.0 Å². The summed E-state index contributed by atoms with van der Waals surface area (Å²) in [7, 11) is 0. The molecule has 144 heavy (non-hydrogen) atoms. The molecule has 57 heteroatoms. The molecule has 0 aliphatic carbocycles. The molecule has 4 aliphatic heterocycles. The van der Waals surface area contributed by atoms with Crippen LogP contribution in [0.4, 0.5) is 0 Å². The Hall–Kier alpha value is -12.7. The van der Waals surface area contributed by atoms with Gasteiger partial charge < -0.3 is 187 Å². The summed E-state index contributed by atoms with van der Waals surface area (Å²) in [5, 5.41) is 161. The van der Waals surface area contributed by atoms with Crippen molar-refractivity contribution >= 4 is 124 Å². The number of likely N-dealkylation sites (tertiary alicyclic amines) is 1. The lowest BCUT2D eigenvalue weighted by Crippen LogP contribution is -2.68. The molecule has 0 spiro atoms. The van der Waals surface area contributed by atoms with E-state index in [1.165, 1.54) is 24.3 Å². The van der Waals surface area contributed by atoms with Gasteiger partial charge in [-0.3, -0.25) is 95.9 Å². The summed E-state index contributed by atoms with van der Waals surface area (Å²) in [6.45, 7) is 1.06. The second kappa shape index (κ2) is 60.8. The molecule has 25 atom stereocenters. The number of rotatable bonds is 62. The number of primary amides is 1. The van der Waals surface area contributed by atoms with E-state index in [9.17, 15) is 148 Å². The van der Waals surface area contributed by atoms with Crippen molar-refractivity contribution in [3.8, 4) is 5.75 Å². The normalized spacial score (nSPS) is 22.4. The standard InChI is InChI=1S/C87H138N20O37/c1-7-40(4)65(83(137)103-52(85(139)140)29-39(2)3)106-78(132)50(30-43-16-18-44(113)19-17-43)102-82(136)56-15-12-28-107(56)84(138)49(14-9-11-27-89)100-74(128)45(13-8-10-26-88)97-81(135)55(38-141-86-66(94-42(6)112)71(68(123)58(37-111)142-86)144-87-70(125)69(124)67(122)57(36-110)143-87)105-72(126)41(5)93-77(131)51(31-59(90)114)101-79(133)53(34-108)96-62(117)33-91-61(116)32-92-73(127)46(21-24-63(118)119)98-76(130)48(22-25-64(120)121)99-80(134)54(35-109)104-75(129)47-20-23-60(115)95-47/h16-19,39-41,45-58,65-71,86-87,108-111,113,122-125H,7-15,20-38,88-89H2,1-6H3,(H2,90,114)(H,91,116)(H,92,127)(H,93,131)(H,94,112)(H,95,115)(H,96,117)(H,97,135)(H,98,130)(H,99,134)(H,100,128)(H,101,133)(H,102,136)(H,103,137)(H,104,129)(H,105,126)(H,106,132)(H,118,119)(H,120,121)(H,139,140)/t40-,41-,45-,46-,47-,48-,49-,50-,51-,52-,53-,54-,55+,56-,57+,58+,65-,66+,67-,68-,69-,70+,71+,86-,87-/m0/s1. The first-order chi connectivity index (χ1) is 68.0. The van der Waals surface area contributed by atoms with Gasteiger partial charge in [-0.05, 0) is 127 Å². The average molecular weight is 2060 g/mol. The fourth-order valence-electron chi connectivity index (χ4n) is 15.5. The minimum atomic E-state index is -2.19. The van der Waals surface area contributed by atoms with Crippen LogP contribution in [0.2, 0.25) is 0 Å². The van der Waals surface area contributed by atoms with Crippen molar-refractivity contribution in [3.63, 3.8) is 0 Å². The van der Waals surface area contributed by atoms with Gasteiger partial charge in [0, 0.05) is 39.2 Å². The van der Waals surface area contributed by atoms with E-state index in [1.807, 2.05) is 10.6 Å². The first-order valence-corrected chi connectivity index (χ1v) is 47.0. The first-order valence-electron chi connectivity index (χ1n) is 47.0. The molecule has 4 saturated heterocycles. The largest absolute Gasteiger partial charge is 0.508 e. The molecule has 34 N–H and O–H groups in total. The molecule has 0 unspecified atom stereocenters. The highest BCUT2D eigenvalue weighted by Gasteiger charge is 2.53. The predicted octanol–water partition coefficient (Wildman–Crippen LogP) is -13.9. The number of phenolic OH excluding ortho intramolecular Hbond substituents is 1. The van der Waals surface area contributed by atoms with Gasteiger partial charge in [0.15, 0.2) is 12.6 Å². The summed E-state index contributed by atoms with van der Waals surface area (Å²) >= 11 is 0. The molecule has 1 aromatic carbocycles. The Morgan fingerprint density at radius 1 is 0.521 bits per heavy atom. The lowest BCUT2D eigenvalue weighted by atomic mass is 9.95. The highest BCUT2D eigenvalue weighted by atomic mass is 16.7. The SMILES string of the molecule is CC[C@H](C)[C@H](NC(=O)[C@H](Cc1ccc(O)cc1)NC(=O)[C@@H]1CCCN1C(=O)[C@H](CCCCN)NC(=O)[C@H](CCCCN)NC(=O)[C@@H](CO[C@H]1O[C@H](CO)[C@H](O)[C@H](O[C@@H]2O[C@H](CO)[C@H](O)[C@H](O)[C@H]2O)[C@H]1NC(C)=O)NC(=O)[C@H](C)NC(=O)[C@H](CC(N)=O)NC(=O)[C@H](CO)NC(=O)CNC(=O)CNC(=O)[C@H](CCC(=O)O)NC(=O)[C@H](CCC(=O)O)NC(=O)[C@H](CO)NC(=O)[C@@H]1CCC(=O)N1)C(=O)N[C@@H](CC(C)C)C(=O)O. The minimum absolute atomic E-state index is 0.00824. The number of carbonyl (C=O) groups is 21. The third kappa shape index (κ3) is 39.1. The summed E-state index contributed by atoms with van der Waals surface area (Å²) in [6.07, 6.45) is -21.4. The number of aliphatic hydroxyl groups is 8. The molecular formula is C87H138N20O37. The van der Waals surface area contributed by atoms with Crippen molar-refractivity contribution in [3.05, 3.63) is 29.8 Å². The number of hydrogen-bond donors (Lipinski definition) is 31. The second-order valence-corrected chi connectivity index (χ2v) is 35.5. The summed E-state index contributed by atoms with van der Waals surface area (Å²) in [4.78, 5) is 285. The number of nitrogens with one attached hydrogen (secondary N) is 16. The number of nitrogens with two attached hydrogens (primary N) is 3. The minimum Gasteiger partial charge on any atom is -0.508 e. The van der Waals surface area contributed by atoms with Gasteiger partial charge in [-0.25, -0.2) is 4.79 Å². The Morgan fingerprint density at radius 2 is 1.02 bits per heavy atom. The average Bonchev–Trinajstić information content (AvgIpc) is 0.867. The number of amides is 18. The highest BCUT2D eigenvalue weighted by Crippen LogP contribution is 2.31. The van der Waals surface area contributed by atoms with E-state index < -0.39 is 354 Å². The van der Waals surface area contributed by atoms with Gasteiger partial charge in [-0.15, -0.1) is 0 Å². The Balaban J connectivity index is 1.41. The molecule has 4 fully saturated rings. The number of aliphatic hydroxyl groups excluding tert-OH is 8. The van der Waals surface area contributed by atoms with Crippen LogP contribution in [0, 0.1) is 11.8 Å². The number of carbonyl (C=O) groups excluding carboxylic acids is 18. The van der Waals surface area contributed by atoms with Crippen molar-refractivity contribution in [1.82, 2.24) is 90.0 Å². The van der Waals surface area contributed by atoms with Gasteiger partial charge in [0.1, 0.15) is 139 Å². The van der Waals surface area contributed by atoms with Crippen LogP contribution in [0.15, 0.2) is 24.3 Å². The van der Waals surface area contributed by atoms with E-state index in [0.717, 1.165) is 18.7 Å². The maximum Gasteiger partial charge on any atom is 0.326 e. The fourth-order valence-corrected chi connectivity index (χ4v) is 15.5. The van der Waals surface area contributed by atoms with E-state index in [4.69, 9.17) is 36.1 Å². The number of hydrogen-bond acceptors (Lipinski definition) is 36. The van der Waals surface area contributed by atoms with Crippen LogP contribution < -0.4 is 102 Å². The van der Waals surface area contributed by atoms with Gasteiger partial charge in [-0.2, -0.15) is 0 Å². The number of carboxylic acid groups (broad SMARTS) is 3. The zero-order chi connectivity index (χ0) is 108. The highest BCUT2D eigenvalue weighted by molar-refractivity contribution is 6.02. The zero-order valence-corrected chi connectivity index (χ0v) is 80.4. The molecule has 18 amide bonds. The van der Waals surface area contributed by atoms with Gasteiger partial charge >= 0.3 is 17.9 Å². The van der Waals surface area contributed by atoms with E-state index in [-0.39, 0.29) is 108 Å². The Bertz CT molecular complexity index is 4560. The van der Waals surface area contributed by atoms with Crippen LogP contribution in [0.25, 0.3) is 0 Å². The smallest absolute Gasteiger partial charge is 0.326 e. The molecule has 4 heterocycles. The van der Waals surface area contributed by atoms with Crippen LogP contribution in [-0.4, -0.2) is 402 Å². The van der Waals surface area contributed by atoms with Crippen molar-refractivity contribution < 1.29 is 181 Å². The molecule has 57 nitrogen and oxygen atoms in total. The molecule has 808 valence electrons. The number of phenols is 1. The molecule has 0 aromatic heterocycles. The monoisotopic (exact) mass is 2050 g/mol. The van der Waals surface area contributed by atoms with Crippen LogP contribution >= 0.6 is 0 Å². The lowest BCUT2D eigenvalue weighted by Gasteiger charge is -2.47. The molecule has 4 aliphatic rings. The lowest BCUT2D eigenvalue weighted by molar-refractivity contribution is -0.345. The summed E-state index contributed by atoms with van der Waals surface area (Å²) in [5.74, 6) is -25.2. The van der Waals surface area contributed by atoms with Crippen molar-refractivity contribution in [2.45, 2.75) is 303 Å². The maximum atomic E-state index is 15.3. The Kier molecular flexibility index (Phi) is 51.4. The van der Waals surface area contributed by atoms with Crippen LogP contribution in [-0.2, 0) is 126 Å². The summed E-state index contributed by atoms with van der Waals surface area (Å²) in [5.41, 5.74) is 17.7. The van der Waals surface area contributed by atoms with E-state index in [1.54, 1.807) is 27.7 Å². The van der Waals surface area contributed by atoms with Crippen molar-refractivity contribution in [1.29, 1.82) is 0 Å². The summed E-state index contributed by atoms with van der Waals surface area (Å²) in [6, 6.07) is -19.9. The first kappa shape index (κ1) is 122. The third-order valence-corrected chi connectivity index (χ3v) is 23.7. The molecular weight excluding hydrogens is 1920 g/mol. The topological polar surface area (TPSA) is 912 Å². The van der Waals surface area contributed by atoms with Gasteiger partial charge in [0.2, 0.25) is 106 Å². The number of carboxylic acids is 3. The maximum absolute atomic E-state index is 15.3. The molecule has 1 aromatic rings. The van der Waals surface area contributed by atoms with Crippen LogP contribution in [0.5, 0.6) is 5.75 Å². The number of unbranched alkanes of at least 4 members (excludes halogenated alkanes) is 2. The number of benzene rings is 1. The zero-order valence-electron chi connectivity index (χ0n) is 80.4. The second-order valence-electron chi connectivity index (χ2n) is 35.5. The fraction of sp³-hybridized carbons (Fsp3) is 0.690. The van der Waals surface area contributed by atoms with Gasteiger partial charge in [0.05, 0.1) is 52.5 Å². The van der Waals surface area contributed by atoms with Crippen LogP contribution in [0.1, 0.15) is 156 Å². The van der Waals surface area contributed by atoms with E-state index in [0.29, 0.717) is 12.0 Å². The van der Waals surface area contributed by atoms with E-state index in [2.05, 4.69) is 74.4 Å². The molecule has 0 radical (unpaired) electrons. The Labute approximate surface area is 825 Å².